The van der Waals surface area contributed by atoms with Crippen molar-refractivity contribution in [2.45, 2.75) is 25.1 Å². The molecule has 0 saturated carbocycles. The summed E-state index contributed by atoms with van der Waals surface area (Å²) in [5, 5.41) is 0. The van der Waals surface area contributed by atoms with Crippen LogP contribution < -0.4 is 5.73 Å². The summed E-state index contributed by atoms with van der Waals surface area (Å²) in [6.07, 6.45) is 0.663. The maximum absolute atomic E-state index is 11.2. The molecule has 1 unspecified atom stereocenters. The molecule has 2 N–H and O–H groups in total. The van der Waals surface area contributed by atoms with Crippen LogP contribution in [0.15, 0.2) is 15.9 Å². The van der Waals surface area contributed by atoms with Gasteiger partial charge in [-0.25, -0.2) is 0 Å². The van der Waals surface area contributed by atoms with Crippen molar-refractivity contribution in [3.8, 4) is 0 Å². The summed E-state index contributed by atoms with van der Waals surface area (Å²) < 4.78 is 5.99. The molecule has 1 heterocycles. The number of ether oxygens (including phenoxy) is 1. The molecule has 0 aromatic carbocycles. The number of carbonyl (C=O) groups is 1. The highest BCUT2D eigenvalue weighted by Crippen LogP contribution is 2.25. The van der Waals surface area contributed by atoms with Crippen LogP contribution in [0.2, 0.25) is 0 Å². The average Bonchev–Trinajstić information content (AvgIpc) is 2.70. The maximum Gasteiger partial charge on any atom is 0.322 e. The first-order chi connectivity index (χ1) is 8.13. The predicted octanol–water partition coefficient (Wildman–Crippen LogP) is 3.02. The summed E-state index contributed by atoms with van der Waals surface area (Å²) in [6.45, 7) is 2.18. The number of carbonyl (C=O) groups excluding carboxylic acids is 1. The number of hydrogen-bond acceptors (Lipinski definition) is 5. The van der Waals surface area contributed by atoms with Crippen molar-refractivity contribution < 1.29 is 9.53 Å². The van der Waals surface area contributed by atoms with Crippen LogP contribution in [-0.4, -0.2) is 24.4 Å². The Hall–Kier alpha value is -0.0400. The van der Waals surface area contributed by atoms with Gasteiger partial charge in [-0.3, -0.25) is 4.79 Å². The van der Waals surface area contributed by atoms with Crippen molar-refractivity contribution in [2.75, 3.05) is 12.4 Å². The molecule has 96 valence electrons. The fourth-order valence-corrected chi connectivity index (χ4v) is 3.81. The molecular formula is C11H16BrNO2S2. The molecule has 0 amide bonds. The van der Waals surface area contributed by atoms with Gasteiger partial charge in [-0.05, 0) is 47.2 Å². The molecule has 1 aromatic heterocycles. The van der Waals surface area contributed by atoms with E-state index in [2.05, 4.69) is 22.0 Å². The third-order valence-corrected chi connectivity index (χ3v) is 4.88. The van der Waals surface area contributed by atoms with E-state index in [4.69, 9.17) is 10.5 Å². The molecule has 1 rings (SSSR count). The van der Waals surface area contributed by atoms with Crippen LogP contribution in [0, 0.1) is 0 Å². The van der Waals surface area contributed by atoms with Gasteiger partial charge in [0.05, 0.1) is 10.4 Å². The van der Waals surface area contributed by atoms with E-state index < -0.39 is 6.04 Å². The Labute approximate surface area is 118 Å². The second-order valence-corrected chi connectivity index (χ2v) is 7.06. The third kappa shape index (κ3) is 5.90. The molecule has 3 nitrogen and oxygen atoms in total. The topological polar surface area (TPSA) is 52.3 Å². The Bertz CT molecular complexity index is 357. The Balaban J connectivity index is 2.13. The smallest absolute Gasteiger partial charge is 0.322 e. The van der Waals surface area contributed by atoms with Crippen LogP contribution in [0.1, 0.15) is 18.2 Å². The zero-order chi connectivity index (χ0) is 12.7. The Morgan fingerprint density at radius 2 is 2.41 bits per heavy atom. The van der Waals surface area contributed by atoms with E-state index in [0.717, 1.165) is 15.3 Å². The predicted molar refractivity (Wildman–Crippen MR) is 77.4 cm³/mol. The molecule has 0 aliphatic heterocycles. The van der Waals surface area contributed by atoms with E-state index in [9.17, 15) is 4.79 Å². The number of rotatable bonds is 7. The van der Waals surface area contributed by atoms with Crippen molar-refractivity contribution in [2.24, 2.45) is 5.73 Å². The van der Waals surface area contributed by atoms with Gasteiger partial charge < -0.3 is 10.5 Å². The van der Waals surface area contributed by atoms with Crippen LogP contribution >= 0.6 is 39.0 Å². The fraction of sp³-hybridized carbons (Fsp3) is 0.545. The Morgan fingerprint density at radius 1 is 1.65 bits per heavy atom. The summed E-state index contributed by atoms with van der Waals surface area (Å²) in [6, 6.07) is 3.66. The third-order valence-electron chi connectivity index (χ3n) is 2.04. The van der Waals surface area contributed by atoms with Gasteiger partial charge >= 0.3 is 5.97 Å². The lowest BCUT2D eigenvalue weighted by molar-refractivity contribution is -0.144. The minimum absolute atomic E-state index is 0.299. The molecule has 0 fully saturated rings. The first kappa shape index (κ1) is 15.0. The zero-order valence-electron chi connectivity index (χ0n) is 9.65. The molecule has 0 aliphatic carbocycles. The van der Waals surface area contributed by atoms with Gasteiger partial charge in [-0.15, -0.1) is 11.3 Å². The number of thioether (sulfide) groups is 1. The minimum Gasteiger partial charge on any atom is -0.465 e. The van der Waals surface area contributed by atoms with Gasteiger partial charge in [0.25, 0.3) is 0 Å². The van der Waals surface area contributed by atoms with E-state index in [0.29, 0.717) is 13.0 Å². The van der Waals surface area contributed by atoms with Crippen molar-refractivity contribution in [1.29, 1.82) is 0 Å². The summed E-state index contributed by atoms with van der Waals surface area (Å²) in [4.78, 5) is 12.6. The van der Waals surface area contributed by atoms with Crippen LogP contribution in [-0.2, 0) is 15.3 Å². The minimum atomic E-state index is -0.488. The summed E-state index contributed by atoms with van der Waals surface area (Å²) >= 11 is 6.95. The first-order valence-corrected chi connectivity index (χ1v) is 8.14. The van der Waals surface area contributed by atoms with Gasteiger partial charge in [0.15, 0.2) is 0 Å². The highest BCUT2D eigenvalue weighted by atomic mass is 79.9. The van der Waals surface area contributed by atoms with E-state index in [1.165, 1.54) is 4.88 Å². The number of thiophene rings is 1. The van der Waals surface area contributed by atoms with Crippen molar-refractivity contribution >= 4 is 45.0 Å². The normalized spacial score (nSPS) is 12.4. The molecule has 6 heteroatoms. The molecule has 0 spiro atoms. The molecule has 1 aromatic rings. The monoisotopic (exact) mass is 337 g/mol. The SMILES string of the molecule is CCOC(=O)C(N)CCSCc1ccc(Br)s1. The molecule has 17 heavy (non-hydrogen) atoms. The van der Waals surface area contributed by atoms with Crippen LogP contribution in [0.25, 0.3) is 0 Å². The quantitative estimate of drug-likeness (QED) is 0.613. The van der Waals surface area contributed by atoms with Gasteiger partial charge in [0, 0.05) is 10.6 Å². The van der Waals surface area contributed by atoms with E-state index in [-0.39, 0.29) is 5.97 Å². The molecule has 0 saturated heterocycles. The number of nitrogens with two attached hydrogens (primary N) is 1. The summed E-state index contributed by atoms with van der Waals surface area (Å²) in [7, 11) is 0. The molecule has 0 radical (unpaired) electrons. The second kappa shape index (κ2) is 8.13. The lowest BCUT2D eigenvalue weighted by atomic mass is 10.2. The highest BCUT2D eigenvalue weighted by Gasteiger charge is 2.13. The molecular weight excluding hydrogens is 322 g/mol. The van der Waals surface area contributed by atoms with Gasteiger partial charge in [-0.1, -0.05) is 0 Å². The first-order valence-electron chi connectivity index (χ1n) is 5.37. The number of hydrogen-bond donors (Lipinski definition) is 1. The lowest BCUT2D eigenvalue weighted by Gasteiger charge is -2.09. The lowest BCUT2D eigenvalue weighted by Crippen LogP contribution is -2.32. The average molecular weight is 338 g/mol. The second-order valence-electron chi connectivity index (χ2n) is 3.41. The molecule has 0 aliphatic rings. The Morgan fingerprint density at radius 3 is 3.00 bits per heavy atom. The molecule has 1 atom stereocenters. The van der Waals surface area contributed by atoms with Crippen LogP contribution in [0.4, 0.5) is 0 Å². The largest absolute Gasteiger partial charge is 0.465 e. The van der Waals surface area contributed by atoms with Crippen molar-refractivity contribution in [1.82, 2.24) is 0 Å². The summed E-state index contributed by atoms with van der Waals surface area (Å²) in [5.41, 5.74) is 5.69. The highest BCUT2D eigenvalue weighted by molar-refractivity contribution is 9.11. The van der Waals surface area contributed by atoms with Gasteiger partial charge in [-0.2, -0.15) is 11.8 Å². The van der Waals surface area contributed by atoms with Crippen molar-refractivity contribution in [3.05, 3.63) is 20.8 Å². The number of halogens is 1. The van der Waals surface area contributed by atoms with Crippen molar-refractivity contribution in [3.63, 3.8) is 0 Å². The number of esters is 1. The van der Waals surface area contributed by atoms with Gasteiger partial charge in [0.2, 0.25) is 0 Å². The molecule has 0 bridgehead atoms. The fourth-order valence-electron chi connectivity index (χ4n) is 1.18. The summed E-state index contributed by atoms with van der Waals surface area (Å²) in [5.74, 6) is 1.54. The van der Waals surface area contributed by atoms with E-state index >= 15 is 0 Å². The Kier molecular flexibility index (Phi) is 7.18. The van der Waals surface area contributed by atoms with E-state index in [1.807, 2.05) is 6.07 Å². The zero-order valence-corrected chi connectivity index (χ0v) is 12.9. The van der Waals surface area contributed by atoms with Crippen LogP contribution in [0.5, 0.6) is 0 Å². The maximum atomic E-state index is 11.2. The van der Waals surface area contributed by atoms with E-state index in [1.54, 1.807) is 30.0 Å². The van der Waals surface area contributed by atoms with Gasteiger partial charge in [0.1, 0.15) is 6.04 Å². The standard InChI is InChI=1S/C11H16BrNO2S2/c1-2-15-11(14)9(13)5-6-16-7-8-3-4-10(12)17-8/h3-4,9H,2,5-7,13H2,1H3. The van der Waals surface area contributed by atoms with Crippen LogP contribution in [0.3, 0.4) is 0 Å².